The highest BCUT2D eigenvalue weighted by Crippen LogP contribution is 2.56. The van der Waals surface area contributed by atoms with Gasteiger partial charge in [0.1, 0.15) is 5.69 Å². The fraction of sp³-hybridized carbons (Fsp3) is 0. The highest BCUT2D eigenvalue weighted by molar-refractivity contribution is 6.10. The summed E-state index contributed by atoms with van der Waals surface area (Å²) in [6, 6.07) is 47.8. The molecule has 248 valence electrons. The number of aromatic nitrogens is 1. The maximum Gasteiger partial charge on any atom is 0.416 e. The lowest BCUT2D eigenvalue weighted by atomic mass is 9.98. The van der Waals surface area contributed by atoms with Crippen LogP contribution in [-0.4, -0.2) is 36.2 Å². The molecule has 8 heteroatoms. The van der Waals surface area contributed by atoms with Gasteiger partial charge in [0.15, 0.2) is 23.0 Å². The zero-order chi connectivity index (χ0) is 35.2. The summed E-state index contributed by atoms with van der Waals surface area (Å²) in [5.74, 6) is -3.33. The summed E-state index contributed by atoms with van der Waals surface area (Å²) >= 11 is 0. The second kappa shape index (κ2) is 12.4. The number of carboxylic acid groups (broad SMARTS) is 1. The number of phenols is 4. The van der Waals surface area contributed by atoms with E-state index in [1.54, 1.807) is 42.5 Å². The maximum atomic E-state index is 12.5. The Morgan fingerprint density at radius 3 is 1.51 bits per heavy atom. The monoisotopic (exact) mass is 670 g/mol. The third-order valence-corrected chi connectivity index (χ3v) is 9.23. The van der Waals surface area contributed by atoms with Gasteiger partial charge in [0.25, 0.3) is 0 Å². The van der Waals surface area contributed by atoms with Crippen LogP contribution in [0.4, 0.5) is 16.2 Å². The largest absolute Gasteiger partial charge is 0.504 e. The van der Waals surface area contributed by atoms with Gasteiger partial charge in [-0.1, -0.05) is 121 Å². The number of fused-ring (bicyclic) bond motifs is 3. The third kappa shape index (κ3) is 5.14. The lowest BCUT2D eigenvalue weighted by Gasteiger charge is -2.24. The average molecular weight is 671 g/mol. The lowest BCUT2D eigenvalue weighted by molar-refractivity contribution is 0.204. The van der Waals surface area contributed by atoms with Crippen molar-refractivity contribution in [3.05, 3.63) is 152 Å². The van der Waals surface area contributed by atoms with Gasteiger partial charge in [-0.15, -0.1) is 0 Å². The number of hydrogen-bond acceptors (Lipinski definition) is 5. The van der Waals surface area contributed by atoms with Crippen LogP contribution >= 0.6 is 0 Å². The number of phenolic OH excluding ortho intramolecular Hbond substituents is 4. The first-order valence-electron chi connectivity index (χ1n) is 16.2. The molecule has 51 heavy (non-hydrogen) atoms. The van der Waals surface area contributed by atoms with Crippen LogP contribution in [0.1, 0.15) is 0 Å². The van der Waals surface area contributed by atoms with Crippen molar-refractivity contribution in [3.63, 3.8) is 0 Å². The van der Waals surface area contributed by atoms with E-state index in [1.807, 2.05) is 24.3 Å². The van der Waals surface area contributed by atoms with Crippen LogP contribution in [0.15, 0.2) is 152 Å². The first kappa shape index (κ1) is 31.1. The molecule has 8 aromatic rings. The van der Waals surface area contributed by atoms with Crippen LogP contribution in [0.2, 0.25) is 0 Å². The molecule has 0 saturated carbocycles. The van der Waals surface area contributed by atoms with Crippen molar-refractivity contribution in [3.8, 4) is 62.1 Å². The van der Waals surface area contributed by atoms with E-state index in [9.17, 15) is 30.3 Å². The van der Waals surface area contributed by atoms with Gasteiger partial charge >= 0.3 is 6.09 Å². The zero-order valence-corrected chi connectivity index (χ0v) is 27.0. The Morgan fingerprint density at radius 1 is 0.471 bits per heavy atom. The fourth-order valence-corrected chi connectivity index (χ4v) is 6.85. The SMILES string of the molecule is O=C(O)N(c1ccc(-c2ccc(-c3ccccc3-n3c4ccccc4c4ccccc43)cc2)cc1)c1c(O)c(O)c(-c2ccccc2)c(O)c1O. The first-order valence-corrected chi connectivity index (χ1v) is 16.2. The summed E-state index contributed by atoms with van der Waals surface area (Å²) in [6.07, 6.45) is -1.55. The van der Waals surface area contributed by atoms with Crippen molar-refractivity contribution in [1.29, 1.82) is 0 Å². The molecule has 8 nitrogen and oxygen atoms in total. The van der Waals surface area contributed by atoms with Crippen molar-refractivity contribution < 1.29 is 30.3 Å². The molecule has 8 rings (SSSR count). The van der Waals surface area contributed by atoms with Gasteiger partial charge in [0, 0.05) is 16.3 Å². The summed E-state index contributed by atoms with van der Waals surface area (Å²) < 4.78 is 2.30. The Labute approximate surface area is 292 Å². The number of para-hydroxylation sites is 3. The molecular formula is C43H30N2O6. The van der Waals surface area contributed by atoms with Crippen LogP contribution in [0.25, 0.3) is 60.9 Å². The van der Waals surface area contributed by atoms with Crippen LogP contribution in [0.3, 0.4) is 0 Å². The van der Waals surface area contributed by atoms with Crippen LogP contribution < -0.4 is 4.90 Å². The molecule has 1 heterocycles. The molecule has 0 fully saturated rings. The summed E-state index contributed by atoms with van der Waals surface area (Å²) in [4.78, 5) is 13.1. The van der Waals surface area contributed by atoms with Crippen LogP contribution in [0, 0.1) is 0 Å². The van der Waals surface area contributed by atoms with Crippen molar-refractivity contribution in [1.82, 2.24) is 4.57 Å². The average Bonchev–Trinajstić information content (AvgIpc) is 3.50. The number of amides is 1. The van der Waals surface area contributed by atoms with Gasteiger partial charge in [-0.3, -0.25) is 0 Å². The van der Waals surface area contributed by atoms with Crippen LogP contribution in [-0.2, 0) is 0 Å². The lowest BCUT2D eigenvalue weighted by Crippen LogP contribution is -2.24. The molecule has 0 spiro atoms. The van der Waals surface area contributed by atoms with Crippen molar-refractivity contribution in [2.24, 2.45) is 0 Å². The minimum Gasteiger partial charge on any atom is -0.504 e. The van der Waals surface area contributed by atoms with Crippen LogP contribution in [0.5, 0.6) is 23.0 Å². The molecule has 0 atom stereocenters. The Bertz CT molecular complexity index is 2510. The molecule has 0 radical (unpaired) electrons. The molecule has 0 unspecified atom stereocenters. The number of aromatic hydroxyl groups is 4. The van der Waals surface area contributed by atoms with Gasteiger partial charge in [-0.05, 0) is 52.6 Å². The Morgan fingerprint density at radius 2 is 0.941 bits per heavy atom. The Balaban J connectivity index is 1.13. The van der Waals surface area contributed by atoms with E-state index in [2.05, 4.69) is 77.4 Å². The summed E-state index contributed by atoms with van der Waals surface area (Å²) in [6.45, 7) is 0. The smallest absolute Gasteiger partial charge is 0.416 e. The minimum atomic E-state index is -1.55. The number of benzene rings is 7. The van der Waals surface area contributed by atoms with E-state index >= 15 is 0 Å². The predicted molar refractivity (Wildman–Crippen MR) is 200 cm³/mol. The Kier molecular flexibility index (Phi) is 7.54. The van der Waals surface area contributed by atoms with E-state index in [4.69, 9.17) is 0 Å². The number of anilines is 2. The van der Waals surface area contributed by atoms with Crippen molar-refractivity contribution >= 4 is 39.3 Å². The molecule has 0 bridgehead atoms. The fourth-order valence-electron chi connectivity index (χ4n) is 6.85. The number of hydrogen-bond donors (Lipinski definition) is 5. The van der Waals surface area contributed by atoms with E-state index in [-0.39, 0.29) is 11.3 Å². The molecule has 1 amide bonds. The van der Waals surface area contributed by atoms with Gasteiger partial charge < -0.3 is 30.1 Å². The maximum absolute atomic E-state index is 12.5. The van der Waals surface area contributed by atoms with Gasteiger partial charge in [0.2, 0.25) is 0 Å². The van der Waals surface area contributed by atoms with Gasteiger partial charge in [-0.2, -0.15) is 0 Å². The second-order valence-electron chi connectivity index (χ2n) is 12.1. The predicted octanol–water partition coefficient (Wildman–Crippen LogP) is 10.4. The minimum absolute atomic E-state index is 0.0693. The molecule has 0 saturated heterocycles. The number of nitrogens with zero attached hydrogens (tertiary/aromatic N) is 2. The van der Waals surface area contributed by atoms with E-state index in [1.165, 1.54) is 22.9 Å². The standard InChI is InChI=1S/C43H30N2O6/c46-39-37(29-10-2-1-3-11-29)40(47)42(49)38(41(39)48)44(43(50)51)30-24-22-27(23-25-30)26-18-20-28(21-19-26)31-12-4-7-15-34(31)45-35-16-8-5-13-32(35)33-14-6-9-17-36(33)45/h1-25,46-49H,(H,50,51). The van der Waals surface area contributed by atoms with Gasteiger partial charge in [0.05, 0.1) is 28.0 Å². The number of rotatable bonds is 6. The van der Waals surface area contributed by atoms with Crippen molar-refractivity contribution in [2.45, 2.75) is 0 Å². The van der Waals surface area contributed by atoms with Gasteiger partial charge in [-0.25, -0.2) is 9.69 Å². The zero-order valence-electron chi connectivity index (χ0n) is 27.0. The highest BCUT2D eigenvalue weighted by Gasteiger charge is 2.31. The van der Waals surface area contributed by atoms with E-state index < -0.39 is 34.8 Å². The highest BCUT2D eigenvalue weighted by atomic mass is 16.4. The van der Waals surface area contributed by atoms with Crippen molar-refractivity contribution in [2.75, 3.05) is 4.90 Å². The third-order valence-electron chi connectivity index (χ3n) is 9.23. The molecule has 7 aromatic carbocycles. The topological polar surface area (TPSA) is 126 Å². The summed E-state index contributed by atoms with van der Waals surface area (Å²) in [7, 11) is 0. The second-order valence-corrected chi connectivity index (χ2v) is 12.1. The molecule has 0 aliphatic rings. The normalized spacial score (nSPS) is 11.2. The molecule has 1 aromatic heterocycles. The molecule has 0 aliphatic carbocycles. The summed E-state index contributed by atoms with van der Waals surface area (Å²) in [5.41, 5.74) is 6.56. The van der Waals surface area contributed by atoms with E-state index in [0.29, 0.717) is 10.5 Å². The number of carbonyl (C=O) groups is 1. The molecule has 5 N–H and O–H groups in total. The summed E-state index contributed by atoms with van der Waals surface area (Å²) in [5, 5.41) is 56.1. The first-order chi connectivity index (χ1) is 24.8. The van der Waals surface area contributed by atoms with E-state index in [0.717, 1.165) is 39.0 Å². The Hall–Kier alpha value is -7.19. The molecular weight excluding hydrogens is 640 g/mol. The molecule has 0 aliphatic heterocycles. The quantitative estimate of drug-likeness (QED) is 0.0885.